The van der Waals surface area contributed by atoms with E-state index >= 15 is 0 Å². The molecule has 17 heavy (non-hydrogen) atoms. The molecule has 0 heterocycles. The van der Waals surface area contributed by atoms with Gasteiger partial charge in [0.05, 0.1) is 12.7 Å². The molecule has 0 spiro atoms. The fraction of sp³-hybridized carbons (Fsp3) is 0.462. The van der Waals surface area contributed by atoms with Crippen molar-refractivity contribution < 1.29 is 9.53 Å². The molecule has 0 unspecified atom stereocenters. The van der Waals surface area contributed by atoms with Gasteiger partial charge in [0.25, 0.3) is 0 Å². The van der Waals surface area contributed by atoms with E-state index in [1.807, 2.05) is 19.9 Å². The van der Waals surface area contributed by atoms with Crippen molar-refractivity contribution >= 4 is 33.3 Å². The minimum Gasteiger partial charge on any atom is -0.496 e. The summed E-state index contributed by atoms with van der Waals surface area (Å²) in [5.41, 5.74) is 2.55. The molecular weight excluding hydrogens is 303 g/mol. The number of carbonyl (C=O) groups is 1. The number of ketones is 1. The molecule has 1 rings (SSSR count). The van der Waals surface area contributed by atoms with E-state index in [0.717, 1.165) is 15.6 Å². The molecule has 1 aromatic carbocycles. The van der Waals surface area contributed by atoms with Crippen molar-refractivity contribution in [3.8, 4) is 5.75 Å². The number of Topliss-reactive ketones (excluding diaryl/α,β-unsaturated/α-hetero) is 1. The van der Waals surface area contributed by atoms with Crippen molar-refractivity contribution in [2.24, 2.45) is 0 Å². The summed E-state index contributed by atoms with van der Waals surface area (Å²) >= 11 is 9.08. The maximum Gasteiger partial charge on any atom is 0.166 e. The molecule has 0 N–H and O–H groups in total. The number of carbonyl (C=O) groups excluding carboxylic acids is 1. The molecule has 0 radical (unpaired) electrons. The van der Waals surface area contributed by atoms with Crippen molar-refractivity contribution in [3.05, 3.63) is 27.2 Å². The standard InChI is InChI=1S/C13H16BrClO2/c1-8-7-10(14)9(2)12(13(8)17-3)11(16)5-4-6-15/h7H,4-6H2,1-3H3. The smallest absolute Gasteiger partial charge is 0.166 e. The molecule has 0 aliphatic carbocycles. The van der Waals surface area contributed by atoms with Gasteiger partial charge >= 0.3 is 0 Å². The number of methoxy groups -OCH3 is 1. The lowest BCUT2D eigenvalue weighted by atomic mass is 9.98. The van der Waals surface area contributed by atoms with Crippen LogP contribution in [0.3, 0.4) is 0 Å². The molecule has 0 amide bonds. The Kier molecular flexibility index (Phi) is 5.47. The number of ether oxygens (including phenoxy) is 1. The summed E-state index contributed by atoms with van der Waals surface area (Å²) in [6.07, 6.45) is 1.14. The molecule has 2 nitrogen and oxygen atoms in total. The van der Waals surface area contributed by atoms with E-state index < -0.39 is 0 Å². The first kappa shape index (κ1) is 14.5. The highest BCUT2D eigenvalue weighted by Gasteiger charge is 2.19. The second-order valence-corrected chi connectivity index (χ2v) is 5.16. The van der Waals surface area contributed by atoms with E-state index in [1.165, 1.54) is 0 Å². The summed E-state index contributed by atoms with van der Waals surface area (Å²) in [6, 6.07) is 1.96. The van der Waals surface area contributed by atoms with Gasteiger partial charge in [0.1, 0.15) is 5.75 Å². The van der Waals surface area contributed by atoms with Crippen LogP contribution in [-0.4, -0.2) is 18.8 Å². The van der Waals surface area contributed by atoms with Crippen LogP contribution in [0, 0.1) is 13.8 Å². The summed E-state index contributed by atoms with van der Waals surface area (Å²) in [5, 5.41) is 0. The first-order valence-corrected chi connectivity index (χ1v) is 6.78. The van der Waals surface area contributed by atoms with Gasteiger partial charge in [-0.1, -0.05) is 15.9 Å². The molecule has 1 aromatic rings. The van der Waals surface area contributed by atoms with E-state index in [9.17, 15) is 4.79 Å². The Labute approximate surface area is 115 Å². The molecular formula is C13H16BrClO2. The number of rotatable bonds is 5. The Morgan fingerprint density at radius 3 is 2.65 bits per heavy atom. The Morgan fingerprint density at radius 1 is 1.47 bits per heavy atom. The number of hydrogen-bond donors (Lipinski definition) is 0. The van der Waals surface area contributed by atoms with Crippen LogP contribution in [0.4, 0.5) is 0 Å². The number of aryl methyl sites for hydroxylation is 1. The van der Waals surface area contributed by atoms with Crippen molar-refractivity contribution in [1.82, 2.24) is 0 Å². The molecule has 0 aliphatic rings. The van der Waals surface area contributed by atoms with Gasteiger partial charge in [-0.15, -0.1) is 11.6 Å². The van der Waals surface area contributed by atoms with Gasteiger partial charge in [0.15, 0.2) is 5.78 Å². The lowest BCUT2D eigenvalue weighted by Gasteiger charge is -2.14. The molecule has 0 saturated carbocycles. The Balaban J connectivity index is 3.24. The zero-order valence-corrected chi connectivity index (χ0v) is 12.6. The quantitative estimate of drug-likeness (QED) is 0.598. The average Bonchev–Trinajstić information content (AvgIpc) is 2.30. The number of halogens is 2. The lowest BCUT2D eigenvalue weighted by molar-refractivity contribution is 0.0978. The molecule has 0 bridgehead atoms. The fourth-order valence-electron chi connectivity index (χ4n) is 1.80. The summed E-state index contributed by atoms with van der Waals surface area (Å²) in [5.74, 6) is 1.26. The van der Waals surface area contributed by atoms with Gasteiger partial charge in [-0.2, -0.15) is 0 Å². The van der Waals surface area contributed by atoms with E-state index in [-0.39, 0.29) is 5.78 Å². The van der Waals surface area contributed by atoms with Crippen LogP contribution in [0.5, 0.6) is 5.75 Å². The van der Waals surface area contributed by atoms with Crippen LogP contribution in [0.1, 0.15) is 34.3 Å². The van der Waals surface area contributed by atoms with Crippen LogP contribution in [0.15, 0.2) is 10.5 Å². The topological polar surface area (TPSA) is 26.3 Å². The monoisotopic (exact) mass is 318 g/mol. The van der Waals surface area contributed by atoms with Gasteiger partial charge in [-0.3, -0.25) is 4.79 Å². The van der Waals surface area contributed by atoms with E-state index in [4.69, 9.17) is 16.3 Å². The molecule has 0 atom stereocenters. The normalized spacial score (nSPS) is 10.4. The second kappa shape index (κ2) is 6.41. The lowest BCUT2D eigenvalue weighted by Crippen LogP contribution is -2.07. The van der Waals surface area contributed by atoms with Crippen LogP contribution in [0.25, 0.3) is 0 Å². The first-order valence-electron chi connectivity index (χ1n) is 5.45. The zero-order chi connectivity index (χ0) is 13.0. The third-order valence-corrected chi connectivity index (χ3v) is 3.77. The average molecular weight is 320 g/mol. The minimum atomic E-state index is 0.0874. The van der Waals surface area contributed by atoms with E-state index in [2.05, 4.69) is 15.9 Å². The predicted molar refractivity (Wildman–Crippen MR) is 74.5 cm³/mol. The van der Waals surface area contributed by atoms with E-state index in [0.29, 0.717) is 30.0 Å². The maximum absolute atomic E-state index is 12.1. The van der Waals surface area contributed by atoms with Crippen LogP contribution in [-0.2, 0) is 0 Å². The number of hydrogen-bond acceptors (Lipinski definition) is 2. The third kappa shape index (κ3) is 3.23. The first-order chi connectivity index (χ1) is 8.02. The second-order valence-electron chi connectivity index (χ2n) is 3.92. The van der Waals surface area contributed by atoms with Crippen LogP contribution >= 0.6 is 27.5 Å². The molecule has 0 saturated heterocycles. The highest BCUT2D eigenvalue weighted by Crippen LogP contribution is 2.33. The molecule has 0 fully saturated rings. The largest absolute Gasteiger partial charge is 0.496 e. The van der Waals surface area contributed by atoms with Crippen molar-refractivity contribution in [3.63, 3.8) is 0 Å². The SMILES string of the molecule is COc1c(C)cc(Br)c(C)c1C(=O)CCCCl. The van der Waals surface area contributed by atoms with Gasteiger partial charge in [-0.05, 0) is 37.5 Å². The molecule has 4 heteroatoms. The van der Waals surface area contributed by atoms with E-state index in [1.54, 1.807) is 7.11 Å². The number of alkyl halides is 1. The molecule has 94 valence electrons. The highest BCUT2D eigenvalue weighted by molar-refractivity contribution is 9.10. The van der Waals surface area contributed by atoms with Crippen molar-refractivity contribution in [1.29, 1.82) is 0 Å². The molecule has 0 aliphatic heterocycles. The third-order valence-electron chi connectivity index (χ3n) is 2.68. The Bertz CT molecular complexity index is 430. The summed E-state index contributed by atoms with van der Waals surface area (Å²) in [6.45, 7) is 3.85. The van der Waals surface area contributed by atoms with Gasteiger partial charge in [-0.25, -0.2) is 0 Å². The fourth-order valence-corrected chi connectivity index (χ4v) is 2.48. The zero-order valence-electron chi connectivity index (χ0n) is 10.3. The highest BCUT2D eigenvalue weighted by atomic mass is 79.9. The van der Waals surface area contributed by atoms with Gasteiger partial charge in [0.2, 0.25) is 0 Å². The Morgan fingerprint density at radius 2 is 2.12 bits per heavy atom. The van der Waals surface area contributed by atoms with Gasteiger partial charge in [0, 0.05) is 16.8 Å². The maximum atomic E-state index is 12.1. The molecule has 0 aromatic heterocycles. The number of benzene rings is 1. The summed E-state index contributed by atoms with van der Waals surface area (Å²) in [4.78, 5) is 12.1. The predicted octanol–water partition coefficient (Wildman–Crippen LogP) is 4.28. The summed E-state index contributed by atoms with van der Waals surface area (Å²) in [7, 11) is 1.59. The summed E-state index contributed by atoms with van der Waals surface area (Å²) < 4.78 is 6.27. The van der Waals surface area contributed by atoms with Crippen molar-refractivity contribution in [2.45, 2.75) is 26.7 Å². The van der Waals surface area contributed by atoms with Gasteiger partial charge < -0.3 is 4.74 Å². The Hall–Kier alpha value is -0.540. The van der Waals surface area contributed by atoms with Crippen molar-refractivity contribution in [2.75, 3.05) is 13.0 Å². The van der Waals surface area contributed by atoms with Crippen LogP contribution in [0.2, 0.25) is 0 Å². The minimum absolute atomic E-state index is 0.0874. The van der Waals surface area contributed by atoms with Crippen LogP contribution < -0.4 is 4.74 Å².